The molecular weight excluding hydrogens is 462 g/mol. The molecule has 2 fully saturated rings. The highest BCUT2D eigenvalue weighted by Gasteiger charge is 2.54. The molecule has 3 aliphatic rings. The Morgan fingerprint density at radius 3 is 2.81 bits per heavy atom. The highest BCUT2D eigenvalue weighted by atomic mass is 32.2. The summed E-state index contributed by atoms with van der Waals surface area (Å²) in [6.07, 6.45) is -0.458. The number of nitrogens with zero attached hydrogens (tertiary/aromatic N) is 3. The van der Waals surface area contributed by atoms with Crippen LogP contribution in [0.5, 0.6) is 0 Å². The number of hydrogen-bond acceptors (Lipinski definition) is 11. The molecule has 4 rings (SSSR count). The number of fused-ring (bicyclic) bond motifs is 1. The second kappa shape index (κ2) is 8.76. The van der Waals surface area contributed by atoms with Crippen molar-refractivity contribution in [1.29, 1.82) is 0 Å². The van der Waals surface area contributed by atoms with Gasteiger partial charge in [-0.25, -0.2) is 9.78 Å². The molecule has 0 aliphatic carbocycles. The molecule has 1 aromatic rings. The van der Waals surface area contributed by atoms with Crippen LogP contribution in [-0.4, -0.2) is 80.8 Å². The number of rotatable bonds is 7. The summed E-state index contributed by atoms with van der Waals surface area (Å²) in [5, 5.41) is 19.6. The van der Waals surface area contributed by atoms with Crippen LogP contribution in [0.15, 0.2) is 21.8 Å². The third-order valence-corrected chi connectivity index (χ3v) is 7.05. The average molecular weight is 482 g/mol. The SMILES string of the molecule is NCC1=C(C(=O)O)N2C(=O)C(NC(=O)C(=NOC3CCNC3=O)c3csc(N)n3)[C@@H]2SC1. The van der Waals surface area contributed by atoms with Crippen molar-refractivity contribution in [2.24, 2.45) is 10.9 Å². The lowest BCUT2D eigenvalue weighted by Gasteiger charge is -2.49. The number of nitrogen functional groups attached to an aromatic ring is 1. The molecular formula is C17H19N7O6S2. The highest BCUT2D eigenvalue weighted by molar-refractivity contribution is 8.00. The number of carbonyl (C=O) groups is 4. The van der Waals surface area contributed by atoms with Gasteiger partial charge in [-0.15, -0.1) is 23.1 Å². The molecule has 3 atom stereocenters. The lowest BCUT2D eigenvalue weighted by molar-refractivity contribution is -0.150. The zero-order chi connectivity index (χ0) is 23.0. The molecule has 2 unspecified atom stereocenters. The van der Waals surface area contributed by atoms with Crippen LogP contribution in [0.3, 0.4) is 0 Å². The maximum absolute atomic E-state index is 13.0. The van der Waals surface area contributed by atoms with Crippen molar-refractivity contribution in [3.05, 3.63) is 22.3 Å². The molecule has 0 bridgehead atoms. The Labute approximate surface area is 189 Å². The minimum absolute atomic E-state index is 0.0102. The Balaban J connectivity index is 1.53. The zero-order valence-corrected chi connectivity index (χ0v) is 18.1. The van der Waals surface area contributed by atoms with E-state index in [0.717, 1.165) is 16.2 Å². The molecule has 0 saturated carbocycles. The van der Waals surface area contributed by atoms with Gasteiger partial charge >= 0.3 is 5.97 Å². The van der Waals surface area contributed by atoms with Crippen LogP contribution in [0.2, 0.25) is 0 Å². The Morgan fingerprint density at radius 2 is 2.22 bits per heavy atom. The maximum Gasteiger partial charge on any atom is 0.352 e. The number of carbonyl (C=O) groups excluding carboxylic acids is 3. The van der Waals surface area contributed by atoms with Gasteiger partial charge in [-0.05, 0) is 5.57 Å². The quantitative estimate of drug-likeness (QED) is 0.165. The van der Waals surface area contributed by atoms with Gasteiger partial charge in [0, 0.05) is 30.6 Å². The summed E-state index contributed by atoms with van der Waals surface area (Å²) in [6, 6.07) is -0.975. The number of amides is 3. The van der Waals surface area contributed by atoms with E-state index in [1.54, 1.807) is 0 Å². The normalized spacial score (nSPS) is 25.2. The summed E-state index contributed by atoms with van der Waals surface area (Å²) in [5.74, 6) is -2.62. The molecule has 32 heavy (non-hydrogen) atoms. The van der Waals surface area contributed by atoms with Gasteiger partial charge in [0.15, 0.2) is 10.8 Å². The number of anilines is 1. The van der Waals surface area contributed by atoms with Crippen molar-refractivity contribution in [2.45, 2.75) is 23.9 Å². The van der Waals surface area contributed by atoms with E-state index in [4.69, 9.17) is 16.3 Å². The van der Waals surface area contributed by atoms with Crippen molar-refractivity contribution < 1.29 is 29.1 Å². The maximum atomic E-state index is 13.0. The molecule has 0 radical (unpaired) electrons. The van der Waals surface area contributed by atoms with E-state index in [1.165, 1.54) is 17.1 Å². The molecule has 15 heteroatoms. The molecule has 0 spiro atoms. The van der Waals surface area contributed by atoms with Crippen molar-refractivity contribution in [3.63, 3.8) is 0 Å². The van der Waals surface area contributed by atoms with Crippen LogP contribution in [0.4, 0.5) is 5.13 Å². The van der Waals surface area contributed by atoms with E-state index in [-0.39, 0.29) is 34.7 Å². The number of hydrogen-bond donors (Lipinski definition) is 5. The average Bonchev–Trinajstić information content (AvgIpc) is 3.38. The second-order valence-corrected chi connectivity index (χ2v) is 9.00. The lowest BCUT2D eigenvalue weighted by atomic mass is 10.0. The smallest absolute Gasteiger partial charge is 0.352 e. The van der Waals surface area contributed by atoms with Gasteiger partial charge in [-0.2, -0.15) is 0 Å². The number of oxime groups is 1. The summed E-state index contributed by atoms with van der Waals surface area (Å²) >= 11 is 2.38. The van der Waals surface area contributed by atoms with Crippen LogP contribution >= 0.6 is 23.1 Å². The zero-order valence-electron chi connectivity index (χ0n) is 16.4. The van der Waals surface area contributed by atoms with E-state index in [9.17, 15) is 24.3 Å². The van der Waals surface area contributed by atoms with Crippen molar-refractivity contribution in [1.82, 2.24) is 20.5 Å². The fourth-order valence-corrected chi connectivity index (χ4v) is 5.35. The Kier molecular flexibility index (Phi) is 6.03. The molecule has 3 aliphatic heterocycles. The number of thioether (sulfide) groups is 1. The monoisotopic (exact) mass is 481 g/mol. The topological polar surface area (TPSA) is 202 Å². The van der Waals surface area contributed by atoms with E-state index < -0.39 is 35.3 Å². The lowest BCUT2D eigenvalue weighted by Crippen LogP contribution is -2.71. The van der Waals surface area contributed by atoms with E-state index in [1.807, 2.05) is 0 Å². The van der Waals surface area contributed by atoms with Crippen LogP contribution < -0.4 is 22.1 Å². The number of nitrogens with two attached hydrogens (primary N) is 2. The molecule has 2 saturated heterocycles. The number of nitrogens with one attached hydrogen (secondary N) is 2. The predicted molar refractivity (Wildman–Crippen MR) is 114 cm³/mol. The predicted octanol–water partition coefficient (Wildman–Crippen LogP) is -1.97. The molecule has 0 aromatic carbocycles. The van der Waals surface area contributed by atoms with Crippen molar-refractivity contribution in [2.75, 3.05) is 24.6 Å². The largest absolute Gasteiger partial charge is 0.477 e. The number of thiazole rings is 1. The molecule has 170 valence electrons. The molecule has 3 amide bonds. The van der Waals surface area contributed by atoms with Crippen molar-refractivity contribution >= 4 is 57.6 Å². The van der Waals surface area contributed by atoms with Gasteiger partial charge in [-0.3, -0.25) is 19.3 Å². The first-order chi connectivity index (χ1) is 15.3. The number of aliphatic carboxylic acids is 1. The number of aromatic nitrogens is 1. The molecule has 13 nitrogen and oxygen atoms in total. The van der Waals surface area contributed by atoms with Gasteiger partial charge in [0.05, 0.1) is 0 Å². The van der Waals surface area contributed by atoms with Crippen LogP contribution in [0.25, 0.3) is 0 Å². The first kappa shape index (κ1) is 22.0. The fourth-order valence-electron chi connectivity index (χ4n) is 3.44. The third kappa shape index (κ3) is 3.89. The Bertz CT molecular complexity index is 1050. The van der Waals surface area contributed by atoms with Crippen molar-refractivity contribution in [3.8, 4) is 0 Å². The standard InChI is InChI=1S/C17H19N7O6S2/c18-3-6-4-31-15-10(14(27)24(15)11(6)16(28)29)22-13(26)9(7-5-32-17(19)21-7)23-30-8-1-2-20-12(8)25/h5,8,10,15H,1-4,18H2,(H2,19,21)(H,20,25)(H,22,26)(H,28,29)/t8?,10?,15-/m0/s1. The summed E-state index contributed by atoms with van der Waals surface area (Å²) in [7, 11) is 0. The minimum atomic E-state index is -1.25. The fraction of sp³-hybridized carbons (Fsp3) is 0.412. The number of carboxylic acid groups (broad SMARTS) is 1. The van der Waals surface area contributed by atoms with E-state index in [2.05, 4.69) is 20.8 Å². The minimum Gasteiger partial charge on any atom is -0.477 e. The van der Waals surface area contributed by atoms with Crippen LogP contribution in [0.1, 0.15) is 12.1 Å². The molecule has 4 heterocycles. The molecule has 1 aromatic heterocycles. The van der Waals surface area contributed by atoms with Crippen LogP contribution in [0, 0.1) is 0 Å². The highest BCUT2D eigenvalue weighted by Crippen LogP contribution is 2.40. The van der Waals surface area contributed by atoms with Gasteiger partial charge in [-0.1, -0.05) is 5.16 Å². The van der Waals surface area contributed by atoms with Gasteiger partial charge in [0.1, 0.15) is 22.8 Å². The number of β-lactam (4-membered cyclic amide) rings is 1. The van der Waals surface area contributed by atoms with Gasteiger partial charge in [0.2, 0.25) is 6.10 Å². The summed E-state index contributed by atoms with van der Waals surface area (Å²) in [5.41, 5.74) is 11.4. The van der Waals surface area contributed by atoms with E-state index in [0.29, 0.717) is 24.3 Å². The second-order valence-electron chi connectivity index (χ2n) is 7.01. The van der Waals surface area contributed by atoms with Crippen LogP contribution in [-0.2, 0) is 24.0 Å². The molecule has 7 N–H and O–H groups in total. The summed E-state index contributed by atoms with van der Waals surface area (Å²) < 4.78 is 0. The summed E-state index contributed by atoms with van der Waals surface area (Å²) in [6.45, 7) is 0.441. The summed E-state index contributed by atoms with van der Waals surface area (Å²) in [4.78, 5) is 59.4. The Hall–Kier alpha value is -3.17. The first-order valence-electron chi connectivity index (χ1n) is 9.45. The third-order valence-electron chi connectivity index (χ3n) is 5.03. The first-order valence-corrected chi connectivity index (χ1v) is 11.4. The Morgan fingerprint density at radius 1 is 1.44 bits per heavy atom. The van der Waals surface area contributed by atoms with E-state index >= 15 is 0 Å². The van der Waals surface area contributed by atoms with Gasteiger partial charge in [0.25, 0.3) is 17.7 Å². The van der Waals surface area contributed by atoms with Gasteiger partial charge < -0.3 is 32.0 Å². The number of carboxylic acids is 1.